The Kier molecular flexibility index (Phi) is 8.38. The van der Waals surface area contributed by atoms with Crippen molar-refractivity contribution in [3.05, 3.63) is 59.0 Å². The van der Waals surface area contributed by atoms with Gasteiger partial charge in [-0.05, 0) is 45.0 Å². The zero-order chi connectivity index (χ0) is 24.1. The van der Waals surface area contributed by atoms with Crippen LogP contribution in [0.2, 0.25) is 0 Å². The Labute approximate surface area is 185 Å². The first-order valence-electron chi connectivity index (χ1n) is 10.3. The molecule has 1 unspecified atom stereocenters. The summed E-state index contributed by atoms with van der Waals surface area (Å²) in [6.45, 7) is 8.54. The molecule has 1 amide bonds. The minimum absolute atomic E-state index is 0.0350. The van der Waals surface area contributed by atoms with E-state index in [1.165, 1.54) is 0 Å². The highest BCUT2D eigenvalue weighted by molar-refractivity contribution is 5.98. The largest absolute Gasteiger partial charge is 0.394 e. The summed E-state index contributed by atoms with van der Waals surface area (Å²) in [6.07, 6.45) is -2.26. The van der Waals surface area contributed by atoms with Crippen molar-refractivity contribution >= 4 is 16.8 Å². The minimum Gasteiger partial charge on any atom is -0.394 e. The molecule has 2 N–H and O–H groups in total. The van der Waals surface area contributed by atoms with Crippen LogP contribution >= 0.6 is 0 Å². The van der Waals surface area contributed by atoms with E-state index in [0.717, 1.165) is 41.7 Å². The van der Waals surface area contributed by atoms with Gasteiger partial charge in [0.25, 0.3) is 5.91 Å². The van der Waals surface area contributed by atoms with Crippen molar-refractivity contribution < 1.29 is 23.1 Å². The van der Waals surface area contributed by atoms with Crippen LogP contribution in [-0.4, -0.2) is 38.6 Å². The SMILES string of the molecule is CC(C)C(F)(F)F.Cc1ccc2cc(C(=O)NC(C)c3cnn(CCO)c3C)ccc2n1. The van der Waals surface area contributed by atoms with E-state index in [1.54, 1.807) is 16.9 Å². The zero-order valence-corrected chi connectivity index (χ0v) is 18.9. The molecule has 0 bridgehead atoms. The van der Waals surface area contributed by atoms with Crippen LogP contribution in [0.3, 0.4) is 0 Å². The van der Waals surface area contributed by atoms with E-state index in [2.05, 4.69) is 15.4 Å². The van der Waals surface area contributed by atoms with Gasteiger partial charge in [-0.15, -0.1) is 0 Å². The molecule has 0 spiro atoms. The topological polar surface area (TPSA) is 80.0 Å². The lowest BCUT2D eigenvalue weighted by atomic mass is 10.1. The molecule has 0 fully saturated rings. The van der Waals surface area contributed by atoms with Crippen LogP contribution in [0.25, 0.3) is 10.9 Å². The van der Waals surface area contributed by atoms with Crippen LogP contribution in [0.5, 0.6) is 0 Å². The van der Waals surface area contributed by atoms with Crippen molar-refractivity contribution in [2.45, 2.75) is 53.4 Å². The maximum Gasteiger partial charge on any atom is 0.391 e. The van der Waals surface area contributed by atoms with Crippen molar-refractivity contribution in [1.29, 1.82) is 0 Å². The molecule has 0 saturated heterocycles. The molecule has 6 nitrogen and oxygen atoms in total. The third kappa shape index (κ3) is 6.53. The molecule has 1 atom stereocenters. The van der Waals surface area contributed by atoms with Gasteiger partial charge in [0.05, 0.1) is 30.9 Å². The molecule has 3 aromatic rings. The third-order valence-corrected chi connectivity index (χ3v) is 5.01. The van der Waals surface area contributed by atoms with Gasteiger partial charge in [-0.1, -0.05) is 19.9 Å². The molecule has 2 heterocycles. The fourth-order valence-electron chi connectivity index (χ4n) is 2.93. The molecule has 32 heavy (non-hydrogen) atoms. The zero-order valence-electron chi connectivity index (χ0n) is 18.9. The van der Waals surface area contributed by atoms with Gasteiger partial charge in [0.15, 0.2) is 0 Å². The van der Waals surface area contributed by atoms with E-state index >= 15 is 0 Å². The molecular formula is C23H29F3N4O2. The van der Waals surface area contributed by atoms with Gasteiger partial charge < -0.3 is 10.4 Å². The number of pyridine rings is 1. The average molecular weight is 451 g/mol. The molecule has 174 valence electrons. The Morgan fingerprint density at radius 1 is 1.16 bits per heavy atom. The van der Waals surface area contributed by atoms with Gasteiger partial charge in [-0.2, -0.15) is 18.3 Å². The quantitative estimate of drug-likeness (QED) is 0.589. The predicted octanol–water partition coefficient (Wildman–Crippen LogP) is 4.74. The van der Waals surface area contributed by atoms with Crippen LogP contribution in [0.1, 0.15) is 54.1 Å². The fraction of sp³-hybridized carbons (Fsp3) is 0.435. The first-order valence-corrected chi connectivity index (χ1v) is 10.3. The normalized spacial score (nSPS) is 12.4. The average Bonchev–Trinajstić information content (AvgIpc) is 3.08. The molecule has 0 aliphatic carbocycles. The highest BCUT2D eigenvalue weighted by atomic mass is 19.4. The van der Waals surface area contributed by atoms with Gasteiger partial charge >= 0.3 is 6.18 Å². The summed E-state index contributed by atoms with van der Waals surface area (Å²) in [6, 6.07) is 9.25. The smallest absolute Gasteiger partial charge is 0.391 e. The minimum atomic E-state index is -4.00. The number of carbonyl (C=O) groups is 1. The number of aromatic nitrogens is 3. The molecule has 0 radical (unpaired) electrons. The molecule has 0 saturated carbocycles. The van der Waals surface area contributed by atoms with Gasteiger partial charge in [0.1, 0.15) is 0 Å². The second kappa shape index (κ2) is 10.6. The number of nitrogens with one attached hydrogen (secondary N) is 1. The lowest BCUT2D eigenvalue weighted by molar-refractivity contribution is -0.164. The number of hydrogen-bond donors (Lipinski definition) is 2. The van der Waals surface area contributed by atoms with Crippen LogP contribution in [0, 0.1) is 19.8 Å². The fourth-order valence-corrected chi connectivity index (χ4v) is 2.93. The Morgan fingerprint density at radius 2 is 1.81 bits per heavy atom. The number of benzene rings is 1. The predicted molar refractivity (Wildman–Crippen MR) is 117 cm³/mol. The number of rotatable bonds is 5. The maximum absolute atomic E-state index is 12.6. The summed E-state index contributed by atoms with van der Waals surface area (Å²) < 4.78 is 35.3. The summed E-state index contributed by atoms with van der Waals surface area (Å²) >= 11 is 0. The van der Waals surface area contributed by atoms with E-state index in [1.807, 2.05) is 45.0 Å². The van der Waals surface area contributed by atoms with Crippen molar-refractivity contribution in [1.82, 2.24) is 20.1 Å². The van der Waals surface area contributed by atoms with Crippen LogP contribution < -0.4 is 5.32 Å². The summed E-state index contributed by atoms with van der Waals surface area (Å²) in [4.78, 5) is 17.0. The molecule has 2 aromatic heterocycles. The number of amides is 1. The third-order valence-electron chi connectivity index (χ3n) is 5.01. The van der Waals surface area contributed by atoms with E-state index < -0.39 is 12.1 Å². The standard InChI is InChI=1S/C19H22N4O2.C4H7F3/c1-12-4-5-15-10-16(6-7-18(15)21-12)19(25)22-13(2)17-11-20-23(8-9-24)14(17)3;1-3(2)4(5,6)7/h4-7,10-11,13,24H,8-9H2,1-3H3,(H,22,25);3H,1-2H3. The van der Waals surface area contributed by atoms with Gasteiger partial charge in [0.2, 0.25) is 0 Å². The lowest BCUT2D eigenvalue weighted by Crippen LogP contribution is -2.27. The lowest BCUT2D eigenvalue weighted by Gasteiger charge is -2.14. The van der Waals surface area contributed by atoms with E-state index in [0.29, 0.717) is 12.1 Å². The van der Waals surface area contributed by atoms with Crippen molar-refractivity contribution in [3.8, 4) is 0 Å². The highest BCUT2D eigenvalue weighted by Crippen LogP contribution is 2.24. The van der Waals surface area contributed by atoms with Crippen LogP contribution in [0.4, 0.5) is 13.2 Å². The molecule has 0 aliphatic heterocycles. The van der Waals surface area contributed by atoms with Gasteiger partial charge in [-0.3, -0.25) is 14.5 Å². The van der Waals surface area contributed by atoms with Crippen molar-refractivity contribution in [2.24, 2.45) is 5.92 Å². The molecule has 0 aliphatic rings. The second-order valence-corrected chi connectivity index (χ2v) is 7.88. The first kappa shape index (κ1) is 25.3. The Balaban J connectivity index is 0.000000451. The number of aliphatic hydroxyl groups is 1. The number of aliphatic hydroxyl groups excluding tert-OH is 1. The van der Waals surface area contributed by atoms with Crippen molar-refractivity contribution in [3.63, 3.8) is 0 Å². The molecule has 3 rings (SSSR count). The summed E-state index contributed by atoms with van der Waals surface area (Å²) in [5.41, 5.74) is 4.32. The number of fused-ring (bicyclic) bond motifs is 1. The number of halogens is 3. The Bertz CT molecular complexity index is 1060. The maximum atomic E-state index is 12.6. The monoisotopic (exact) mass is 450 g/mol. The molecule has 1 aromatic carbocycles. The molecule has 9 heteroatoms. The van der Waals surface area contributed by atoms with E-state index in [4.69, 9.17) is 5.11 Å². The Hall–Kier alpha value is -2.94. The summed E-state index contributed by atoms with van der Waals surface area (Å²) in [7, 11) is 0. The summed E-state index contributed by atoms with van der Waals surface area (Å²) in [5.74, 6) is -1.34. The first-order chi connectivity index (χ1) is 14.9. The van der Waals surface area contributed by atoms with E-state index in [-0.39, 0.29) is 18.6 Å². The highest BCUT2D eigenvalue weighted by Gasteiger charge is 2.31. The summed E-state index contributed by atoms with van der Waals surface area (Å²) in [5, 5.41) is 17.3. The van der Waals surface area contributed by atoms with Crippen LogP contribution in [0.15, 0.2) is 36.5 Å². The number of alkyl halides is 3. The number of nitrogens with zero attached hydrogens (tertiary/aromatic N) is 3. The van der Waals surface area contributed by atoms with Gasteiger partial charge in [0, 0.05) is 33.8 Å². The van der Waals surface area contributed by atoms with Gasteiger partial charge in [-0.25, -0.2) is 0 Å². The second-order valence-electron chi connectivity index (χ2n) is 7.88. The van der Waals surface area contributed by atoms with Crippen LogP contribution in [-0.2, 0) is 6.54 Å². The number of carbonyl (C=O) groups excluding carboxylic acids is 1. The number of aryl methyl sites for hydroxylation is 1. The molecular weight excluding hydrogens is 421 g/mol. The van der Waals surface area contributed by atoms with Crippen molar-refractivity contribution in [2.75, 3.05) is 6.61 Å². The number of hydrogen-bond acceptors (Lipinski definition) is 4. The van der Waals surface area contributed by atoms with E-state index in [9.17, 15) is 18.0 Å². The Morgan fingerprint density at radius 3 is 2.41 bits per heavy atom.